The smallest absolute Gasteiger partial charge is 0.307 e. The second-order valence-electron chi connectivity index (χ2n) is 5.30. The standard InChI is InChI=1S/C11H19NO6S/c1-12(2,3)10(19)11(18,6-9(16)17)7(13)4-5-8(14)15/h10,18H,4-6H2,1-3H3,(H2-,14,15,16,17,19)/p+1. The lowest BCUT2D eigenvalue weighted by molar-refractivity contribution is -0.885. The van der Waals surface area contributed by atoms with Gasteiger partial charge in [-0.15, -0.1) is 12.6 Å². The number of likely N-dealkylation sites (N-methyl/N-ethyl adjacent to an activating group) is 1. The second-order valence-corrected chi connectivity index (χ2v) is 5.79. The number of aliphatic hydroxyl groups is 1. The van der Waals surface area contributed by atoms with E-state index in [2.05, 4.69) is 12.6 Å². The average molecular weight is 294 g/mol. The summed E-state index contributed by atoms with van der Waals surface area (Å²) in [7, 11) is 4.94. The number of carboxylic acids is 2. The quantitative estimate of drug-likeness (QED) is 0.275. The van der Waals surface area contributed by atoms with E-state index in [1.165, 1.54) is 0 Å². The Hall–Kier alpha value is -1.12. The number of carboxylic acid groups (broad SMARTS) is 2. The van der Waals surface area contributed by atoms with Crippen molar-refractivity contribution in [2.75, 3.05) is 21.1 Å². The molecule has 0 saturated heterocycles. The fourth-order valence-electron chi connectivity index (χ4n) is 1.64. The van der Waals surface area contributed by atoms with Gasteiger partial charge in [0.15, 0.2) is 16.8 Å². The lowest BCUT2D eigenvalue weighted by Crippen LogP contribution is -2.60. The molecule has 0 rings (SSSR count). The molecule has 0 radical (unpaired) electrons. The molecule has 2 unspecified atom stereocenters. The molecule has 8 heteroatoms. The number of hydrogen-bond donors (Lipinski definition) is 4. The van der Waals surface area contributed by atoms with Crippen LogP contribution in [0.25, 0.3) is 0 Å². The van der Waals surface area contributed by atoms with Crippen LogP contribution in [0, 0.1) is 0 Å². The molecule has 0 spiro atoms. The fourth-order valence-corrected chi connectivity index (χ4v) is 1.88. The van der Waals surface area contributed by atoms with Gasteiger partial charge in [0.05, 0.1) is 34.0 Å². The van der Waals surface area contributed by atoms with Crippen molar-refractivity contribution in [1.29, 1.82) is 0 Å². The molecular formula is C11H20NO6S+. The molecule has 0 aliphatic carbocycles. The molecule has 110 valence electrons. The number of nitrogens with zero attached hydrogens (tertiary/aromatic N) is 1. The molecule has 0 aliphatic rings. The predicted octanol–water partition coefficient (Wildman–Crippen LogP) is -0.412. The summed E-state index contributed by atoms with van der Waals surface area (Å²) >= 11 is 4.14. The monoisotopic (exact) mass is 294 g/mol. The summed E-state index contributed by atoms with van der Waals surface area (Å²) in [6.45, 7) is 0. The normalized spacial score (nSPS) is 16.5. The van der Waals surface area contributed by atoms with E-state index in [4.69, 9.17) is 10.2 Å². The van der Waals surface area contributed by atoms with Crippen LogP contribution in [0.1, 0.15) is 19.3 Å². The third kappa shape index (κ3) is 5.17. The van der Waals surface area contributed by atoms with Gasteiger partial charge in [-0.25, -0.2) is 0 Å². The number of carbonyl (C=O) groups is 3. The molecule has 0 aliphatic heterocycles. The topological polar surface area (TPSA) is 112 Å². The van der Waals surface area contributed by atoms with Crippen LogP contribution in [0.3, 0.4) is 0 Å². The summed E-state index contributed by atoms with van der Waals surface area (Å²) in [6, 6.07) is 0. The maximum atomic E-state index is 12.0. The summed E-state index contributed by atoms with van der Waals surface area (Å²) in [4.78, 5) is 33.2. The van der Waals surface area contributed by atoms with Crippen molar-refractivity contribution in [3.8, 4) is 0 Å². The summed E-state index contributed by atoms with van der Waals surface area (Å²) in [5.74, 6) is -3.36. The number of ketones is 1. The molecule has 2 atom stereocenters. The van der Waals surface area contributed by atoms with Crippen LogP contribution < -0.4 is 0 Å². The highest BCUT2D eigenvalue weighted by Gasteiger charge is 2.50. The number of hydrogen-bond acceptors (Lipinski definition) is 5. The van der Waals surface area contributed by atoms with Gasteiger partial charge in [0.2, 0.25) is 0 Å². The van der Waals surface area contributed by atoms with Gasteiger partial charge in [-0.1, -0.05) is 0 Å². The van der Waals surface area contributed by atoms with E-state index in [1.807, 2.05) is 0 Å². The van der Waals surface area contributed by atoms with Crippen LogP contribution in [0.15, 0.2) is 0 Å². The van der Waals surface area contributed by atoms with Crippen molar-refractivity contribution >= 4 is 30.4 Å². The van der Waals surface area contributed by atoms with Crippen LogP contribution in [0.2, 0.25) is 0 Å². The zero-order valence-electron chi connectivity index (χ0n) is 11.2. The third-order valence-electron chi connectivity index (χ3n) is 2.63. The Morgan fingerprint density at radius 2 is 1.58 bits per heavy atom. The van der Waals surface area contributed by atoms with E-state index in [0.717, 1.165) is 0 Å². The molecule has 0 aromatic heterocycles. The highest BCUT2D eigenvalue weighted by molar-refractivity contribution is 7.80. The maximum Gasteiger partial charge on any atom is 0.307 e. The van der Waals surface area contributed by atoms with Crippen molar-refractivity contribution in [3.63, 3.8) is 0 Å². The molecule has 0 aromatic carbocycles. The molecule has 0 fully saturated rings. The van der Waals surface area contributed by atoms with Gasteiger partial charge in [-0.2, -0.15) is 0 Å². The van der Waals surface area contributed by atoms with Crippen LogP contribution in [-0.4, -0.2) is 69.6 Å². The Morgan fingerprint density at radius 1 is 1.11 bits per heavy atom. The number of quaternary nitrogens is 1. The van der Waals surface area contributed by atoms with E-state index < -0.39 is 48.0 Å². The number of rotatable bonds is 8. The third-order valence-corrected chi connectivity index (χ3v) is 3.75. The minimum Gasteiger partial charge on any atom is -0.481 e. The maximum absolute atomic E-state index is 12.0. The van der Waals surface area contributed by atoms with Crippen molar-refractivity contribution in [2.45, 2.75) is 30.2 Å². The van der Waals surface area contributed by atoms with Crippen molar-refractivity contribution in [3.05, 3.63) is 0 Å². The number of aliphatic carboxylic acids is 2. The van der Waals surface area contributed by atoms with Crippen molar-refractivity contribution < 1.29 is 34.2 Å². The van der Waals surface area contributed by atoms with E-state index in [9.17, 15) is 19.5 Å². The van der Waals surface area contributed by atoms with Gasteiger partial charge in [-0.05, 0) is 0 Å². The van der Waals surface area contributed by atoms with E-state index >= 15 is 0 Å². The van der Waals surface area contributed by atoms with Gasteiger partial charge in [0.1, 0.15) is 0 Å². The van der Waals surface area contributed by atoms with Crippen molar-refractivity contribution in [2.24, 2.45) is 0 Å². The molecule has 0 aromatic rings. The van der Waals surface area contributed by atoms with Crippen LogP contribution in [0.4, 0.5) is 0 Å². The first-order valence-corrected chi connectivity index (χ1v) is 6.11. The summed E-state index contributed by atoms with van der Waals surface area (Å²) in [6.07, 6.45) is -1.70. The van der Waals surface area contributed by atoms with E-state index in [-0.39, 0.29) is 4.48 Å². The molecule has 0 heterocycles. The first-order valence-electron chi connectivity index (χ1n) is 5.59. The minimum absolute atomic E-state index is 0.0473. The first kappa shape index (κ1) is 17.9. The van der Waals surface area contributed by atoms with Gasteiger partial charge in [-0.3, -0.25) is 14.4 Å². The second kappa shape index (κ2) is 6.36. The van der Waals surface area contributed by atoms with E-state index in [1.54, 1.807) is 21.1 Å². The fraction of sp³-hybridized carbons (Fsp3) is 0.727. The van der Waals surface area contributed by atoms with Crippen LogP contribution in [-0.2, 0) is 14.4 Å². The molecule has 3 N–H and O–H groups in total. The highest BCUT2D eigenvalue weighted by Crippen LogP contribution is 2.28. The Kier molecular flexibility index (Phi) is 5.98. The Bertz CT molecular complexity index is 378. The Balaban J connectivity index is 5.22. The minimum atomic E-state index is -2.21. The zero-order valence-corrected chi connectivity index (χ0v) is 12.1. The summed E-state index contributed by atoms with van der Waals surface area (Å²) in [5, 5.41) is 26.7. The van der Waals surface area contributed by atoms with Crippen LogP contribution in [0.5, 0.6) is 0 Å². The predicted molar refractivity (Wildman–Crippen MR) is 69.9 cm³/mol. The lowest BCUT2D eigenvalue weighted by atomic mass is 9.90. The number of carbonyl (C=O) groups excluding carboxylic acids is 1. The summed E-state index contributed by atoms with van der Waals surface area (Å²) in [5.41, 5.74) is -2.21. The molecule has 0 saturated carbocycles. The van der Waals surface area contributed by atoms with Crippen molar-refractivity contribution in [1.82, 2.24) is 0 Å². The largest absolute Gasteiger partial charge is 0.481 e. The van der Waals surface area contributed by atoms with Gasteiger partial charge >= 0.3 is 11.9 Å². The molecule has 19 heavy (non-hydrogen) atoms. The van der Waals surface area contributed by atoms with Gasteiger partial charge < -0.3 is 19.8 Å². The first-order chi connectivity index (χ1) is 8.41. The van der Waals surface area contributed by atoms with Crippen LogP contribution >= 0.6 is 12.6 Å². The molecule has 7 nitrogen and oxygen atoms in total. The molecular weight excluding hydrogens is 274 g/mol. The zero-order chi connectivity index (χ0) is 15.4. The Labute approximate surface area is 116 Å². The van der Waals surface area contributed by atoms with Gasteiger partial charge in [0, 0.05) is 6.42 Å². The SMILES string of the molecule is C[N+](C)(C)C(S)C(O)(CC(=O)O)C(=O)CCC(=O)O. The lowest BCUT2D eigenvalue weighted by Gasteiger charge is -2.39. The Morgan fingerprint density at radius 3 is 1.89 bits per heavy atom. The molecule has 0 amide bonds. The molecule has 0 bridgehead atoms. The number of Topliss-reactive ketones (excluding diaryl/α,β-unsaturated/α-hetero) is 1. The van der Waals surface area contributed by atoms with E-state index in [0.29, 0.717) is 0 Å². The van der Waals surface area contributed by atoms with Gasteiger partial charge in [0.25, 0.3) is 0 Å². The summed E-state index contributed by atoms with van der Waals surface area (Å²) < 4.78 is 0.0473. The highest BCUT2D eigenvalue weighted by atomic mass is 32.1. The number of thiol groups is 1. The average Bonchev–Trinajstić information content (AvgIpc) is 2.22.